The fraction of sp³-hybridized carbons (Fsp3) is 0.500. The second-order valence-corrected chi connectivity index (χ2v) is 4.91. The van der Waals surface area contributed by atoms with Gasteiger partial charge in [0.1, 0.15) is 5.76 Å². The van der Waals surface area contributed by atoms with Crippen LogP contribution < -0.4 is 16.0 Å². The Morgan fingerprint density at radius 1 is 1.28 bits per heavy atom. The van der Waals surface area contributed by atoms with Crippen LogP contribution in [0.4, 0.5) is 4.79 Å². The lowest BCUT2D eigenvalue weighted by Gasteiger charge is -2.20. The van der Waals surface area contributed by atoms with Crippen molar-refractivity contribution >= 4 is 11.9 Å². The first-order valence-electron chi connectivity index (χ1n) is 5.72. The Morgan fingerprint density at radius 2 is 2.00 bits per heavy atom. The van der Waals surface area contributed by atoms with Crippen molar-refractivity contribution in [3.8, 4) is 0 Å². The van der Waals surface area contributed by atoms with Crippen molar-refractivity contribution in [3.63, 3.8) is 0 Å². The lowest BCUT2D eigenvalue weighted by Crippen LogP contribution is -2.47. The van der Waals surface area contributed by atoms with Crippen LogP contribution >= 0.6 is 0 Å². The zero-order valence-corrected chi connectivity index (χ0v) is 10.9. The van der Waals surface area contributed by atoms with Crippen LogP contribution in [-0.4, -0.2) is 24.0 Å². The van der Waals surface area contributed by atoms with E-state index in [0.717, 1.165) is 0 Å². The van der Waals surface area contributed by atoms with Gasteiger partial charge in [-0.2, -0.15) is 0 Å². The molecule has 3 N–H and O–H groups in total. The molecule has 0 aliphatic heterocycles. The molecule has 1 heterocycles. The Morgan fingerprint density at radius 3 is 2.56 bits per heavy atom. The van der Waals surface area contributed by atoms with Crippen LogP contribution in [0.15, 0.2) is 22.8 Å². The zero-order chi connectivity index (χ0) is 13.6. The molecule has 1 rings (SSSR count). The van der Waals surface area contributed by atoms with Gasteiger partial charge in [0.05, 0.1) is 19.4 Å². The van der Waals surface area contributed by atoms with Crippen LogP contribution in [0.1, 0.15) is 26.5 Å². The number of amides is 3. The molecule has 1 aromatic heterocycles. The highest BCUT2D eigenvalue weighted by Gasteiger charge is 2.13. The molecule has 0 unspecified atom stereocenters. The summed E-state index contributed by atoms with van der Waals surface area (Å²) < 4.78 is 5.05. The van der Waals surface area contributed by atoms with Gasteiger partial charge in [-0.15, -0.1) is 0 Å². The summed E-state index contributed by atoms with van der Waals surface area (Å²) >= 11 is 0. The molecule has 0 radical (unpaired) electrons. The molecule has 0 fully saturated rings. The van der Waals surface area contributed by atoms with Crippen molar-refractivity contribution in [1.82, 2.24) is 16.0 Å². The Hall–Kier alpha value is -1.98. The van der Waals surface area contributed by atoms with Crippen molar-refractivity contribution < 1.29 is 14.0 Å². The van der Waals surface area contributed by atoms with Crippen LogP contribution in [0.5, 0.6) is 0 Å². The van der Waals surface area contributed by atoms with Crippen molar-refractivity contribution in [3.05, 3.63) is 24.2 Å². The van der Waals surface area contributed by atoms with Gasteiger partial charge in [-0.1, -0.05) is 0 Å². The molecule has 6 nitrogen and oxygen atoms in total. The topological polar surface area (TPSA) is 83.4 Å². The summed E-state index contributed by atoms with van der Waals surface area (Å²) in [5.41, 5.74) is -0.302. The van der Waals surface area contributed by atoms with Gasteiger partial charge in [0.2, 0.25) is 5.91 Å². The number of hydrogen-bond donors (Lipinski definition) is 3. The Bertz CT molecular complexity index is 393. The smallest absolute Gasteiger partial charge is 0.315 e. The average molecular weight is 253 g/mol. The lowest BCUT2D eigenvalue weighted by atomic mass is 10.1. The number of hydrogen-bond acceptors (Lipinski definition) is 3. The second kappa shape index (κ2) is 6.09. The third-order valence-electron chi connectivity index (χ3n) is 1.93. The minimum Gasteiger partial charge on any atom is -0.467 e. The lowest BCUT2D eigenvalue weighted by molar-refractivity contribution is -0.121. The minimum absolute atomic E-state index is 0.0543. The van der Waals surface area contributed by atoms with E-state index in [1.807, 2.05) is 20.8 Å². The molecule has 0 saturated heterocycles. The van der Waals surface area contributed by atoms with Gasteiger partial charge < -0.3 is 20.4 Å². The molecule has 0 aromatic carbocycles. The standard InChI is InChI=1S/C12H19N3O3/c1-12(2,3)15-10(16)8-14-11(17)13-7-9-5-4-6-18-9/h4-6H,7-8H2,1-3H3,(H,15,16)(H2,13,14,17). The molecule has 0 saturated carbocycles. The summed E-state index contributed by atoms with van der Waals surface area (Å²) in [7, 11) is 0. The maximum absolute atomic E-state index is 11.4. The molecule has 100 valence electrons. The predicted octanol–water partition coefficient (Wildman–Crippen LogP) is 0.993. The first kappa shape index (κ1) is 14.1. The molecular weight excluding hydrogens is 234 g/mol. The molecule has 6 heteroatoms. The molecule has 18 heavy (non-hydrogen) atoms. The summed E-state index contributed by atoms with van der Waals surface area (Å²) in [6.45, 7) is 5.87. The summed E-state index contributed by atoms with van der Waals surface area (Å²) in [4.78, 5) is 22.8. The summed E-state index contributed by atoms with van der Waals surface area (Å²) in [5, 5.41) is 7.79. The molecule has 0 aliphatic carbocycles. The monoisotopic (exact) mass is 253 g/mol. The SMILES string of the molecule is CC(C)(C)NC(=O)CNC(=O)NCc1ccco1. The molecule has 0 aliphatic rings. The highest BCUT2D eigenvalue weighted by atomic mass is 16.3. The van der Waals surface area contributed by atoms with E-state index in [-0.39, 0.29) is 18.0 Å². The van der Waals surface area contributed by atoms with Crippen LogP contribution in [0, 0.1) is 0 Å². The van der Waals surface area contributed by atoms with Crippen molar-refractivity contribution in [1.29, 1.82) is 0 Å². The second-order valence-electron chi connectivity index (χ2n) is 4.91. The van der Waals surface area contributed by atoms with Gasteiger partial charge in [0.15, 0.2) is 0 Å². The quantitative estimate of drug-likeness (QED) is 0.748. The minimum atomic E-state index is -0.407. The van der Waals surface area contributed by atoms with Gasteiger partial charge in [-0.05, 0) is 32.9 Å². The van der Waals surface area contributed by atoms with Gasteiger partial charge >= 0.3 is 6.03 Å². The van der Waals surface area contributed by atoms with E-state index in [1.165, 1.54) is 6.26 Å². The number of carbonyl (C=O) groups excluding carboxylic acids is 2. The highest BCUT2D eigenvalue weighted by Crippen LogP contribution is 1.98. The molecule has 0 spiro atoms. The number of nitrogens with one attached hydrogen (secondary N) is 3. The number of carbonyl (C=O) groups is 2. The molecule has 0 bridgehead atoms. The van der Waals surface area contributed by atoms with Gasteiger partial charge in [-0.3, -0.25) is 4.79 Å². The Kier molecular flexibility index (Phi) is 4.76. The summed E-state index contributed by atoms with van der Waals surface area (Å²) in [6, 6.07) is 3.09. The third kappa shape index (κ3) is 5.93. The molecular formula is C12H19N3O3. The van der Waals surface area contributed by atoms with Crippen LogP contribution in [-0.2, 0) is 11.3 Å². The molecule has 3 amide bonds. The van der Waals surface area contributed by atoms with Crippen molar-refractivity contribution in [2.24, 2.45) is 0 Å². The fourth-order valence-electron chi connectivity index (χ4n) is 1.27. The van der Waals surface area contributed by atoms with E-state index in [9.17, 15) is 9.59 Å². The summed E-state index contributed by atoms with van der Waals surface area (Å²) in [6.07, 6.45) is 1.53. The van der Waals surface area contributed by atoms with E-state index < -0.39 is 6.03 Å². The van der Waals surface area contributed by atoms with Crippen molar-refractivity contribution in [2.75, 3.05) is 6.54 Å². The van der Waals surface area contributed by atoms with E-state index in [4.69, 9.17) is 4.42 Å². The zero-order valence-electron chi connectivity index (χ0n) is 10.9. The highest BCUT2D eigenvalue weighted by molar-refractivity contribution is 5.84. The normalized spacial score (nSPS) is 10.8. The predicted molar refractivity (Wildman–Crippen MR) is 66.8 cm³/mol. The molecule has 1 aromatic rings. The first-order chi connectivity index (χ1) is 8.37. The summed E-state index contributed by atoms with van der Waals surface area (Å²) in [5.74, 6) is 0.431. The van der Waals surface area contributed by atoms with Gasteiger partial charge in [0.25, 0.3) is 0 Å². The maximum Gasteiger partial charge on any atom is 0.315 e. The first-order valence-corrected chi connectivity index (χ1v) is 5.72. The van der Waals surface area contributed by atoms with E-state index in [2.05, 4.69) is 16.0 Å². The van der Waals surface area contributed by atoms with E-state index in [1.54, 1.807) is 12.1 Å². The number of furan rings is 1. The van der Waals surface area contributed by atoms with Crippen LogP contribution in [0.25, 0.3) is 0 Å². The molecule has 0 atom stereocenters. The Balaban J connectivity index is 2.19. The van der Waals surface area contributed by atoms with Gasteiger partial charge in [-0.25, -0.2) is 4.79 Å². The van der Waals surface area contributed by atoms with E-state index in [0.29, 0.717) is 12.3 Å². The third-order valence-corrected chi connectivity index (χ3v) is 1.93. The van der Waals surface area contributed by atoms with E-state index >= 15 is 0 Å². The van der Waals surface area contributed by atoms with Crippen LogP contribution in [0.2, 0.25) is 0 Å². The van der Waals surface area contributed by atoms with Crippen molar-refractivity contribution in [2.45, 2.75) is 32.9 Å². The largest absolute Gasteiger partial charge is 0.467 e. The maximum atomic E-state index is 11.4. The number of urea groups is 1. The average Bonchev–Trinajstić information content (AvgIpc) is 2.74. The Labute approximate surface area is 106 Å². The van der Waals surface area contributed by atoms with Gasteiger partial charge in [0, 0.05) is 5.54 Å². The van der Waals surface area contributed by atoms with Crippen LogP contribution in [0.3, 0.4) is 0 Å². The fourth-order valence-corrected chi connectivity index (χ4v) is 1.27. The number of rotatable bonds is 4.